The maximum Gasteiger partial charge on any atom is 0.192 e. The molecular formula is C22H23N3O4S. The van der Waals surface area contributed by atoms with E-state index in [1.807, 2.05) is 28.8 Å². The number of nitrogens with zero attached hydrogens (tertiary/aromatic N) is 3. The molecule has 156 valence electrons. The van der Waals surface area contributed by atoms with Crippen molar-refractivity contribution in [2.24, 2.45) is 0 Å². The van der Waals surface area contributed by atoms with Crippen molar-refractivity contribution in [3.63, 3.8) is 0 Å². The zero-order valence-corrected chi connectivity index (χ0v) is 17.9. The van der Waals surface area contributed by atoms with Crippen LogP contribution < -0.4 is 14.2 Å². The van der Waals surface area contributed by atoms with Crippen molar-refractivity contribution in [3.8, 4) is 28.6 Å². The highest BCUT2D eigenvalue weighted by atomic mass is 32.2. The second-order valence-electron chi connectivity index (χ2n) is 6.18. The maximum atomic E-state index is 12.8. The van der Waals surface area contributed by atoms with Gasteiger partial charge >= 0.3 is 0 Å². The lowest BCUT2D eigenvalue weighted by atomic mass is 10.1. The van der Waals surface area contributed by atoms with E-state index < -0.39 is 0 Å². The number of carbonyl (C=O) groups is 1. The van der Waals surface area contributed by atoms with Gasteiger partial charge < -0.3 is 14.2 Å². The highest BCUT2D eigenvalue weighted by Crippen LogP contribution is 2.32. The number of carbonyl (C=O) groups excluding carboxylic acids is 1. The van der Waals surface area contributed by atoms with Crippen molar-refractivity contribution in [2.45, 2.75) is 11.7 Å². The molecule has 0 N–H and O–H groups in total. The maximum absolute atomic E-state index is 12.8. The largest absolute Gasteiger partial charge is 0.497 e. The van der Waals surface area contributed by atoms with Crippen molar-refractivity contribution in [1.29, 1.82) is 0 Å². The van der Waals surface area contributed by atoms with Gasteiger partial charge in [-0.15, -0.1) is 16.8 Å². The minimum absolute atomic E-state index is 0.0773. The highest BCUT2D eigenvalue weighted by molar-refractivity contribution is 7.99. The molecule has 0 fully saturated rings. The summed E-state index contributed by atoms with van der Waals surface area (Å²) in [5, 5.41) is 9.25. The molecule has 2 aromatic carbocycles. The lowest BCUT2D eigenvalue weighted by Gasteiger charge is -2.11. The Morgan fingerprint density at radius 1 is 1.07 bits per heavy atom. The summed E-state index contributed by atoms with van der Waals surface area (Å²) in [6, 6.07) is 12.7. The first kappa shape index (κ1) is 21.4. The van der Waals surface area contributed by atoms with Gasteiger partial charge in [0.1, 0.15) is 17.2 Å². The van der Waals surface area contributed by atoms with E-state index in [0.29, 0.717) is 40.3 Å². The van der Waals surface area contributed by atoms with Crippen LogP contribution in [0.25, 0.3) is 11.4 Å². The van der Waals surface area contributed by atoms with Crippen molar-refractivity contribution >= 4 is 17.5 Å². The van der Waals surface area contributed by atoms with Crippen LogP contribution in [0, 0.1) is 0 Å². The fourth-order valence-electron chi connectivity index (χ4n) is 2.95. The summed E-state index contributed by atoms with van der Waals surface area (Å²) >= 11 is 1.31. The van der Waals surface area contributed by atoms with E-state index in [1.54, 1.807) is 38.5 Å². The van der Waals surface area contributed by atoms with Crippen LogP contribution in [0.3, 0.4) is 0 Å². The number of aromatic nitrogens is 3. The molecule has 1 heterocycles. The van der Waals surface area contributed by atoms with Crippen LogP contribution in [0.4, 0.5) is 0 Å². The number of Topliss-reactive ketones (excluding diaryl/α,β-unsaturated/α-hetero) is 1. The minimum Gasteiger partial charge on any atom is -0.497 e. The van der Waals surface area contributed by atoms with Gasteiger partial charge in [0.25, 0.3) is 0 Å². The summed E-state index contributed by atoms with van der Waals surface area (Å²) < 4.78 is 17.9. The minimum atomic E-state index is -0.0773. The second kappa shape index (κ2) is 9.98. The van der Waals surface area contributed by atoms with E-state index in [4.69, 9.17) is 14.2 Å². The number of hydrogen-bond donors (Lipinski definition) is 0. The number of methoxy groups -OCH3 is 3. The number of hydrogen-bond acceptors (Lipinski definition) is 7. The SMILES string of the molecule is C=CCn1c(SCC(=O)c2ccc(OC)cc2OC)nnc1-c1ccccc1OC. The molecule has 1 aromatic heterocycles. The number of allylic oxidation sites excluding steroid dienone is 1. The number of ether oxygens (including phenoxy) is 3. The number of thioether (sulfide) groups is 1. The van der Waals surface area contributed by atoms with Crippen molar-refractivity contribution < 1.29 is 19.0 Å². The van der Waals surface area contributed by atoms with E-state index in [1.165, 1.54) is 18.9 Å². The number of benzene rings is 2. The molecule has 0 unspecified atom stereocenters. The molecule has 3 aromatic rings. The number of para-hydroxylation sites is 1. The predicted octanol–water partition coefficient (Wildman–Crippen LogP) is 4.13. The zero-order valence-electron chi connectivity index (χ0n) is 17.1. The Morgan fingerprint density at radius 2 is 1.83 bits per heavy atom. The standard InChI is InChI=1S/C22H23N3O4S/c1-5-12-25-21(17-8-6-7-9-19(17)28-3)23-24-22(25)30-14-18(26)16-11-10-15(27-2)13-20(16)29-4/h5-11,13H,1,12,14H2,2-4H3. The van der Waals surface area contributed by atoms with E-state index >= 15 is 0 Å². The molecule has 0 atom stereocenters. The third kappa shape index (κ3) is 4.49. The molecule has 0 saturated heterocycles. The van der Waals surface area contributed by atoms with Crippen molar-refractivity contribution in [1.82, 2.24) is 14.8 Å². The summed E-state index contributed by atoms with van der Waals surface area (Å²) in [7, 11) is 4.71. The Bertz CT molecular complexity index is 1050. The van der Waals surface area contributed by atoms with Gasteiger partial charge in [0.15, 0.2) is 16.8 Å². The van der Waals surface area contributed by atoms with Gasteiger partial charge in [-0.1, -0.05) is 30.0 Å². The van der Waals surface area contributed by atoms with Gasteiger partial charge in [0, 0.05) is 12.6 Å². The molecule has 0 aliphatic carbocycles. The molecule has 8 heteroatoms. The number of ketones is 1. The van der Waals surface area contributed by atoms with Gasteiger partial charge in [-0.05, 0) is 24.3 Å². The molecule has 3 rings (SSSR count). The lowest BCUT2D eigenvalue weighted by Crippen LogP contribution is -2.07. The highest BCUT2D eigenvalue weighted by Gasteiger charge is 2.19. The average Bonchev–Trinajstić information content (AvgIpc) is 3.19. The first-order chi connectivity index (χ1) is 14.6. The molecule has 0 saturated carbocycles. The summed E-state index contributed by atoms with van der Waals surface area (Å²) in [6.07, 6.45) is 1.76. The Balaban J connectivity index is 1.85. The van der Waals surface area contributed by atoms with Crippen LogP contribution in [0.2, 0.25) is 0 Å². The Hall–Kier alpha value is -3.26. The van der Waals surface area contributed by atoms with E-state index in [0.717, 1.165) is 5.56 Å². The molecule has 7 nitrogen and oxygen atoms in total. The van der Waals surface area contributed by atoms with Gasteiger partial charge in [-0.3, -0.25) is 9.36 Å². The Morgan fingerprint density at radius 3 is 2.53 bits per heavy atom. The van der Waals surface area contributed by atoms with Gasteiger partial charge in [-0.2, -0.15) is 0 Å². The van der Waals surface area contributed by atoms with Crippen LogP contribution in [0.5, 0.6) is 17.2 Å². The van der Waals surface area contributed by atoms with E-state index in [9.17, 15) is 4.79 Å². The predicted molar refractivity (Wildman–Crippen MR) is 117 cm³/mol. The fourth-order valence-corrected chi connectivity index (χ4v) is 3.79. The Kier molecular flexibility index (Phi) is 7.13. The molecule has 0 amide bonds. The average molecular weight is 426 g/mol. The van der Waals surface area contributed by atoms with Crippen LogP contribution in [-0.4, -0.2) is 47.6 Å². The second-order valence-corrected chi connectivity index (χ2v) is 7.13. The quantitative estimate of drug-likeness (QED) is 0.275. The number of rotatable bonds is 10. The first-order valence-electron chi connectivity index (χ1n) is 9.18. The van der Waals surface area contributed by atoms with E-state index in [2.05, 4.69) is 16.8 Å². The topological polar surface area (TPSA) is 75.5 Å². The third-order valence-electron chi connectivity index (χ3n) is 4.42. The zero-order chi connectivity index (χ0) is 21.5. The monoisotopic (exact) mass is 425 g/mol. The summed E-state index contributed by atoms with van der Waals surface area (Å²) in [5.74, 6) is 2.57. The fraction of sp³-hybridized carbons (Fsp3) is 0.227. The molecule has 0 bridgehead atoms. The molecule has 0 radical (unpaired) electrons. The molecular weight excluding hydrogens is 402 g/mol. The Labute approximate surface area is 179 Å². The van der Waals surface area contributed by atoms with Crippen LogP contribution in [-0.2, 0) is 6.54 Å². The van der Waals surface area contributed by atoms with Crippen LogP contribution in [0.1, 0.15) is 10.4 Å². The molecule has 0 aliphatic heterocycles. The molecule has 0 aliphatic rings. The summed E-state index contributed by atoms with van der Waals surface area (Å²) in [4.78, 5) is 12.8. The molecule has 30 heavy (non-hydrogen) atoms. The van der Waals surface area contributed by atoms with Crippen molar-refractivity contribution in [2.75, 3.05) is 27.1 Å². The van der Waals surface area contributed by atoms with Crippen molar-refractivity contribution in [3.05, 3.63) is 60.7 Å². The lowest BCUT2D eigenvalue weighted by molar-refractivity contribution is 0.101. The third-order valence-corrected chi connectivity index (χ3v) is 5.38. The first-order valence-corrected chi connectivity index (χ1v) is 10.2. The van der Waals surface area contributed by atoms with Gasteiger partial charge in [0.2, 0.25) is 0 Å². The molecule has 0 spiro atoms. The van der Waals surface area contributed by atoms with Crippen LogP contribution >= 0.6 is 11.8 Å². The summed E-state index contributed by atoms with van der Waals surface area (Å²) in [5.41, 5.74) is 1.31. The smallest absolute Gasteiger partial charge is 0.192 e. The van der Waals surface area contributed by atoms with Crippen LogP contribution in [0.15, 0.2) is 60.3 Å². The summed E-state index contributed by atoms with van der Waals surface area (Å²) in [6.45, 7) is 4.33. The van der Waals surface area contributed by atoms with E-state index in [-0.39, 0.29) is 11.5 Å². The van der Waals surface area contributed by atoms with Gasteiger partial charge in [-0.25, -0.2) is 0 Å². The normalized spacial score (nSPS) is 10.5. The van der Waals surface area contributed by atoms with Gasteiger partial charge in [0.05, 0.1) is 38.2 Å².